The number of halogens is 1. The van der Waals surface area contributed by atoms with Crippen LogP contribution >= 0.6 is 11.8 Å². The van der Waals surface area contributed by atoms with Crippen LogP contribution in [0.3, 0.4) is 0 Å². The van der Waals surface area contributed by atoms with Gasteiger partial charge in [0.05, 0.1) is 6.61 Å². The lowest BCUT2D eigenvalue weighted by atomic mass is 10.3. The van der Waals surface area contributed by atoms with Crippen molar-refractivity contribution in [1.29, 1.82) is 0 Å². The van der Waals surface area contributed by atoms with Crippen LogP contribution in [-0.2, 0) is 0 Å². The molecule has 0 saturated carbocycles. The summed E-state index contributed by atoms with van der Waals surface area (Å²) in [4.78, 5) is 0. The monoisotopic (exact) mass is 186 g/mol. The molecule has 0 bridgehead atoms. The van der Waals surface area contributed by atoms with Gasteiger partial charge in [0, 0.05) is 5.75 Å². The van der Waals surface area contributed by atoms with E-state index in [1.165, 1.54) is 12.1 Å². The second kappa shape index (κ2) is 5.04. The molecule has 0 aromatic heterocycles. The van der Waals surface area contributed by atoms with Crippen molar-refractivity contribution in [3.63, 3.8) is 0 Å². The van der Waals surface area contributed by atoms with E-state index in [9.17, 15) is 4.39 Å². The largest absolute Gasteiger partial charge is 0.493 e. The molecule has 0 amide bonds. The lowest BCUT2D eigenvalue weighted by molar-refractivity contribution is 0.343. The normalized spacial score (nSPS) is 9.83. The van der Waals surface area contributed by atoms with Crippen molar-refractivity contribution in [1.82, 2.24) is 0 Å². The third-order valence-corrected chi connectivity index (χ3v) is 1.94. The van der Waals surface area contributed by atoms with Gasteiger partial charge < -0.3 is 4.74 Å². The number of hydrogen-bond acceptors (Lipinski definition) is 2. The second-order valence-corrected chi connectivity index (χ2v) is 3.28. The number of benzene rings is 1. The first-order valence-corrected chi connectivity index (χ1v) is 5.09. The fraction of sp³-hybridized carbons (Fsp3) is 0.333. The first-order valence-electron chi connectivity index (χ1n) is 3.70. The molecule has 12 heavy (non-hydrogen) atoms. The van der Waals surface area contributed by atoms with Gasteiger partial charge in [0.25, 0.3) is 0 Å². The van der Waals surface area contributed by atoms with Gasteiger partial charge in [-0.2, -0.15) is 11.8 Å². The minimum Gasteiger partial charge on any atom is -0.493 e. The van der Waals surface area contributed by atoms with Crippen LogP contribution in [0.5, 0.6) is 5.75 Å². The van der Waals surface area contributed by atoms with Gasteiger partial charge >= 0.3 is 0 Å². The van der Waals surface area contributed by atoms with Crippen molar-refractivity contribution < 1.29 is 9.13 Å². The van der Waals surface area contributed by atoms with Gasteiger partial charge in [-0.25, -0.2) is 4.39 Å². The van der Waals surface area contributed by atoms with E-state index in [1.54, 1.807) is 23.9 Å². The van der Waals surface area contributed by atoms with Gasteiger partial charge in [-0.1, -0.05) is 0 Å². The maximum Gasteiger partial charge on any atom is 0.123 e. The Kier molecular flexibility index (Phi) is 3.94. The van der Waals surface area contributed by atoms with Gasteiger partial charge in [0.1, 0.15) is 11.6 Å². The van der Waals surface area contributed by atoms with Crippen molar-refractivity contribution in [2.75, 3.05) is 18.6 Å². The lowest BCUT2D eigenvalue weighted by Crippen LogP contribution is -1.99. The maximum atomic E-state index is 12.4. The Morgan fingerprint density at radius 1 is 1.33 bits per heavy atom. The van der Waals surface area contributed by atoms with E-state index in [0.717, 1.165) is 11.5 Å². The molecule has 1 aromatic carbocycles. The van der Waals surface area contributed by atoms with Crippen LogP contribution in [0.15, 0.2) is 24.3 Å². The van der Waals surface area contributed by atoms with Crippen molar-refractivity contribution in [2.24, 2.45) is 0 Å². The van der Waals surface area contributed by atoms with E-state index in [0.29, 0.717) is 6.61 Å². The molecule has 1 nitrogen and oxygen atoms in total. The Morgan fingerprint density at radius 3 is 2.58 bits per heavy atom. The molecule has 1 aromatic rings. The molecule has 0 N–H and O–H groups in total. The van der Waals surface area contributed by atoms with Crippen LogP contribution in [0.1, 0.15) is 0 Å². The quantitative estimate of drug-likeness (QED) is 0.668. The smallest absolute Gasteiger partial charge is 0.123 e. The van der Waals surface area contributed by atoms with E-state index >= 15 is 0 Å². The fourth-order valence-corrected chi connectivity index (χ4v) is 1.02. The zero-order valence-electron chi connectivity index (χ0n) is 6.92. The van der Waals surface area contributed by atoms with E-state index in [2.05, 4.69) is 0 Å². The van der Waals surface area contributed by atoms with Crippen LogP contribution in [0, 0.1) is 5.82 Å². The molecule has 0 heterocycles. The Labute approximate surface area is 75.9 Å². The SMILES string of the molecule is CSCCOc1ccc(F)cc1. The van der Waals surface area contributed by atoms with E-state index < -0.39 is 0 Å². The Bertz CT molecular complexity index is 222. The molecule has 0 aliphatic heterocycles. The minimum absolute atomic E-state index is 0.229. The standard InChI is InChI=1S/C9H11FOS/c1-12-7-6-11-9-4-2-8(10)3-5-9/h2-5H,6-7H2,1H3. The average Bonchev–Trinajstić information content (AvgIpc) is 2.09. The summed E-state index contributed by atoms with van der Waals surface area (Å²) >= 11 is 1.72. The molecule has 0 radical (unpaired) electrons. The highest BCUT2D eigenvalue weighted by molar-refractivity contribution is 7.98. The van der Waals surface area contributed by atoms with Crippen LogP contribution in [0.4, 0.5) is 4.39 Å². The summed E-state index contributed by atoms with van der Waals surface area (Å²) in [5, 5.41) is 0. The molecule has 0 spiro atoms. The summed E-state index contributed by atoms with van der Waals surface area (Å²) in [6, 6.07) is 6.06. The third-order valence-electron chi connectivity index (χ3n) is 1.37. The highest BCUT2D eigenvalue weighted by atomic mass is 32.2. The molecule has 0 saturated heterocycles. The molecule has 0 unspecified atom stereocenters. The summed E-state index contributed by atoms with van der Waals surface area (Å²) in [7, 11) is 0. The van der Waals surface area contributed by atoms with Crippen LogP contribution in [0.25, 0.3) is 0 Å². The highest BCUT2D eigenvalue weighted by Crippen LogP contribution is 2.11. The van der Waals surface area contributed by atoms with Crippen molar-refractivity contribution in [2.45, 2.75) is 0 Å². The van der Waals surface area contributed by atoms with E-state index in [4.69, 9.17) is 4.74 Å². The number of ether oxygens (including phenoxy) is 1. The van der Waals surface area contributed by atoms with Gasteiger partial charge in [-0.15, -0.1) is 0 Å². The van der Waals surface area contributed by atoms with Crippen molar-refractivity contribution in [3.05, 3.63) is 30.1 Å². The molecule has 0 fully saturated rings. The molecule has 0 aliphatic carbocycles. The molecule has 66 valence electrons. The van der Waals surface area contributed by atoms with Gasteiger partial charge in [0.15, 0.2) is 0 Å². The number of rotatable bonds is 4. The van der Waals surface area contributed by atoms with E-state index in [-0.39, 0.29) is 5.82 Å². The second-order valence-electron chi connectivity index (χ2n) is 2.30. The van der Waals surface area contributed by atoms with Crippen LogP contribution in [0.2, 0.25) is 0 Å². The highest BCUT2D eigenvalue weighted by Gasteiger charge is 1.92. The van der Waals surface area contributed by atoms with Crippen molar-refractivity contribution in [3.8, 4) is 5.75 Å². The molecular formula is C9H11FOS. The Morgan fingerprint density at radius 2 is 2.00 bits per heavy atom. The summed E-state index contributed by atoms with van der Waals surface area (Å²) in [5.74, 6) is 1.45. The number of hydrogen-bond donors (Lipinski definition) is 0. The Hall–Kier alpha value is -0.700. The summed E-state index contributed by atoms with van der Waals surface area (Å²) in [6.45, 7) is 0.673. The molecular weight excluding hydrogens is 175 g/mol. The predicted octanol–water partition coefficient (Wildman–Crippen LogP) is 2.57. The Balaban J connectivity index is 2.37. The van der Waals surface area contributed by atoms with Gasteiger partial charge in [0.2, 0.25) is 0 Å². The summed E-state index contributed by atoms with van der Waals surface area (Å²) in [5.41, 5.74) is 0. The lowest BCUT2D eigenvalue weighted by Gasteiger charge is -2.03. The molecule has 0 aliphatic rings. The maximum absolute atomic E-state index is 12.4. The minimum atomic E-state index is -0.229. The van der Waals surface area contributed by atoms with E-state index in [1.807, 2.05) is 6.26 Å². The zero-order chi connectivity index (χ0) is 8.81. The van der Waals surface area contributed by atoms with Gasteiger partial charge in [-0.3, -0.25) is 0 Å². The third kappa shape index (κ3) is 3.13. The first kappa shape index (κ1) is 9.39. The van der Waals surface area contributed by atoms with Crippen LogP contribution < -0.4 is 4.74 Å². The molecule has 1 rings (SSSR count). The fourth-order valence-electron chi connectivity index (χ4n) is 0.774. The van der Waals surface area contributed by atoms with Gasteiger partial charge in [-0.05, 0) is 30.5 Å². The van der Waals surface area contributed by atoms with Crippen LogP contribution in [-0.4, -0.2) is 18.6 Å². The zero-order valence-corrected chi connectivity index (χ0v) is 7.73. The summed E-state index contributed by atoms with van der Waals surface area (Å²) < 4.78 is 17.7. The molecule has 3 heteroatoms. The number of thioether (sulfide) groups is 1. The topological polar surface area (TPSA) is 9.23 Å². The average molecular weight is 186 g/mol. The van der Waals surface area contributed by atoms with Crippen molar-refractivity contribution >= 4 is 11.8 Å². The summed E-state index contributed by atoms with van der Waals surface area (Å²) in [6.07, 6.45) is 2.02. The molecule has 0 atom stereocenters. The predicted molar refractivity (Wildman–Crippen MR) is 50.3 cm³/mol. The first-order chi connectivity index (χ1) is 5.83.